The molecule has 0 aromatic heterocycles. The van der Waals surface area contributed by atoms with Crippen LogP contribution in [0.1, 0.15) is 6.92 Å². The summed E-state index contributed by atoms with van der Waals surface area (Å²) < 4.78 is 4.51. The fourth-order valence-electron chi connectivity index (χ4n) is 1.27. The molecule has 78 valence electrons. The van der Waals surface area contributed by atoms with Crippen LogP contribution in [-0.2, 0) is 4.74 Å². The fourth-order valence-corrected chi connectivity index (χ4v) is 1.27. The Morgan fingerprint density at radius 1 is 0.867 bits per heavy atom. The zero-order valence-corrected chi connectivity index (χ0v) is 9.18. The quantitative estimate of drug-likeness (QED) is 0.632. The van der Waals surface area contributed by atoms with E-state index >= 15 is 0 Å². The molecule has 0 aliphatic carbocycles. The summed E-state index contributed by atoms with van der Waals surface area (Å²) in [6, 6.07) is 16.7. The van der Waals surface area contributed by atoms with Crippen LogP contribution in [0.25, 0.3) is 10.8 Å². The highest BCUT2D eigenvalue weighted by Crippen LogP contribution is 2.11. The van der Waals surface area contributed by atoms with Gasteiger partial charge in [0.2, 0.25) is 0 Å². The van der Waals surface area contributed by atoms with Crippen LogP contribution in [0.5, 0.6) is 0 Å². The van der Waals surface area contributed by atoms with Crippen molar-refractivity contribution in [2.75, 3.05) is 7.11 Å². The summed E-state index contributed by atoms with van der Waals surface area (Å²) in [5, 5.41) is 2.62. The van der Waals surface area contributed by atoms with Gasteiger partial charge >= 0.3 is 0 Å². The number of rotatable bonds is 1. The predicted octanol–water partition coefficient (Wildman–Crippen LogP) is 4.01. The van der Waals surface area contributed by atoms with Crippen molar-refractivity contribution >= 4 is 10.8 Å². The van der Waals surface area contributed by atoms with Crippen LogP contribution in [-0.4, -0.2) is 7.11 Å². The number of fused-ring (bicyclic) bond motifs is 1. The SMILES string of the molecule is CC=COC.c1ccc2ccccc2c1. The highest BCUT2D eigenvalue weighted by Gasteiger charge is 1.85. The fraction of sp³-hybridized carbons (Fsp3) is 0.143. The summed E-state index contributed by atoms with van der Waals surface area (Å²) in [6.07, 6.45) is 3.46. The van der Waals surface area contributed by atoms with Gasteiger partial charge in [0.1, 0.15) is 0 Å². The summed E-state index contributed by atoms with van der Waals surface area (Å²) in [5.41, 5.74) is 0. The molecule has 0 spiro atoms. The first-order valence-corrected chi connectivity index (χ1v) is 4.96. The Labute approximate surface area is 91.0 Å². The second kappa shape index (κ2) is 6.66. The summed E-state index contributed by atoms with van der Waals surface area (Å²) in [7, 11) is 1.62. The molecule has 2 aromatic carbocycles. The number of hydrogen-bond acceptors (Lipinski definition) is 1. The lowest BCUT2D eigenvalue weighted by atomic mass is 10.1. The zero-order valence-electron chi connectivity index (χ0n) is 9.18. The van der Waals surface area contributed by atoms with E-state index in [9.17, 15) is 0 Å². The van der Waals surface area contributed by atoms with Crippen LogP contribution in [0.4, 0.5) is 0 Å². The summed E-state index contributed by atoms with van der Waals surface area (Å²) in [6.45, 7) is 1.91. The van der Waals surface area contributed by atoms with Crippen molar-refractivity contribution in [3.8, 4) is 0 Å². The minimum atomic E-state index is 1.31. The predicted molar refractivity (Wildman–Crippen MR) is 65.8 cm³/mol. The molecule has 1 nitrogen and oxygen atoms in total. The largest absolute Gasteiger partial charge is 0.505 e. The van der Waals surface area contributed by atoms with Crippen molar-refractivity contribution in [2.45, 2.75) is 6.92 Å². The molecule has 0 saturated carbocycles. The van der Waals surface area contributed by atoms with Gasteiger partial charge in [-0.2, -0.15) is 0 Å². The molecule has 0 atom stereocenters. The van der Waals surface area contributed by atoms with Crippen LogP contribution in [0, 0.1) is 0 Å². The molecule has 0 saturated heterocycles. The van der Waals surface area contributed by atoms with E-state index in [1.165, 1.54) is 10.8 Å². The number of benzene rings is 2. The molecule has 2 rings (SSSR count). The molecule has 0 aliphatic heterocycles. The normalized spacial score (nSPS) is 9.73. The molecule has 2 aromatic rings. The standard InChI is InChI=1S/C10H8.C4H8O/c1-2-6-10-8-4-3-7-9(10)5-1;1-3-4-5-2/h1-8H;3-4H,1-2H3. The summed E-state index contributed by atoms with van der Waals surface area (Å²) in [4.78, 5) is 0. The molecule has 0 unspecified atom stereocenters. The minimum absolute atomic E-state index is 1.31. The second-order valence-corrected chi connectivity index (χ2v) is 3.05. The molecule has 0 N–H and O–H groups in total. The van der Waals surface area contributed by atoms with E-state index in [1.807, 2.05) is 13.0 Å². The first-order valence-electron chi connectivity index (χ1n) is 4.96. The average Bonchev–Trinajstić information content (AvgIpc) is 2.31. The molecule has 0 fully saturated rings. The minimum Gasteiger partial charge on any atom is -0.505 e. The van der Waals surface area contributed by atoms with Crippen molar-refractivity contribution in [1.82, 2.24) is 0 Å². The van der Waals surface area contributed by atoms with E-state index in [0.717, 1.165) is 0 Å². The van der Waals surface area contributed by atoms with Gasteiger partial charge in [-0.25, -0.2) is 0 Å². The van der Waals surface area contributed by atoms with Crippen molar-refractivity contribution in [3.05, 3.63) is 60.9 Å². The molecule has 15 heavy (non-hydrogen) atoms. The Hall–Kier alpha value is -1.76. The van der Waals surface area contributed by atoms with Crippen LogP contribution >= 0.6 is 0 Å². The number of hydrogen-bond donors (Lipinski definition) is 0. The van der Waals surface area contributed by atoms with Gasteiger partial charge in [-0.15, -0.1) is 0 Å². The van der Waals surface area contributed by atoms with E-state index in [-0.39, 0.29) is 0 Å². The van der Waals surface area contributed by atoms with Gasteiger partial charge in [0.15, 0.2) is 0 Å². The van der Waals surface area contributed by atoms with Gasteiger partial charge in [0, 0.05) is 0 Å². The maximum Gasteiger partial charge on any atom is 0.0781 e. The van der Waals surface area contributed by atoms with Gasteiger partial charge in [0.05, 0.1) is 13.4 Å². The van der Waals surface area contributed by atoms with Crippen LogP contribution in [0.15, 0.2) is 60.9 Å². The Morgan fingerprint density at radius 2 is 1.27 bits per heavy atom. The van der Waals surface area contributed by atoms with Gasteiger partial charge in [-0.1, -0.05) is 54.6 Å². The van der Waals surface area contributed by atoms with E-state index < -0.39 is 0 Å². The van der Waals surface area contributed by atoms with Crippen molar-refractivity contribution in [3.63, 3.8) is 0 Å². The number of allylic oxidation sites excluding steroid dienone is 1. The molecule has 0 heterocycles. The van der Waals surface area contributed by atoms with E-state index in [4.69, 9.17) is 0 Å². The molecular weight excluding hydrogens is 184 g/mol. The molecular formula is C14H16O. The summed E-state index contributed by atoms with van der Waals surface area (Å²) in [5.74, 6) is 0. The third-order valence-electron chi connectivity index (χ3n) is 1.93. The maximum atomic E-state index is 4.51. The first-order chi connectivity index (χ1) is 7.38. The lowest BCUT2D eigenvalue weighted by Crippen LogP contribution is -1.67. The molecule has 0 aliphatic rings. The maximum absolute atomic E-state index is 4.51. The van der Waals surface area contributed by atoms with Crippen LogP contribution in [0.3, 0.4) is 0 Å². The Kier molecular flexibility index (Phi) is 5.02. The van der Waals surface area contributed by atoms with Gasteiger partial charge in [-0.3, -0.25) is 0 Å². The lowest BCUT2D eigenvalue weighted by molar-refractivity contribution is 0.337. The third-order valence-corrected chi connectivity index (χ3v) is 1.93. The zero-order chi connectivity index (χ0) is 10.9. The highest BCUT2D eigenvalue weighted by molar-refractivity contribution is 5.81. The van der Waals surface area contributed by atoms with Gasteiger partial charge in [0.25, 0.3) is 0 Å². The first kappa shape index (κ1) is 11.3. The lowest BCUT2D eigenvalue weighted by Gasteiger charge is -1.92. The average molecular weight is 200 g/mol. The Morgan fingerprint density at radius 3 is 1.47 bits per heavy atom. The van der Waals surface area contributed by atoms with Crippen LogP contribution < -0.4 is 0 Å². The van der Waals surface area contributed by atoms with E-state index in [2.05, 4.69) is 53.3 Å². The van der Waals surface area contributed by atoms with Crippen molar-refractivity contribution < 1.29 is 4.74 Å². The molecule has 0 amide bonds. The van der Waals surface area contributed by atoms with Gasteiger partial charge in [-0.05, 0) is 17.7 Å². The number of methoxy groups -OCH3 is 1. The van der Waals surface area contributed by atoms with Crippen molar-refractivity contribution in [1.29, 1.82) is 0 Å². The summed E-state index contributed by atoms with van der Waals surface area (Å²) >= 11 is 0. The smallest absolute Gasteiger partial charge is 0.0781 e. The molecule has 0 radical (unpaired) electrons. The highest BCUT2D eigenvalue weighted by atomic mass is 16.5. The number of ether oxygens (including phenoxy) is 1. The van der Waals surface area contributed by atoms with Crippen LogP contribution in [0.2, 0.25) is 0 Å². The van der Waals surface area contributed by atoms with Crippen molar-refractivity contribution in [2.24, 2.45) is 0 Å². The Bertz CT molecular complexity index is 353. The molecule has 0 bridgehead atoms. The monoisotopic (exact) mass is 200 g/mol. The third kappa shape index (κ3) is 3.86. The molecule has 1 heteroatoms. The van der Waals surface area contributed by atoms with Gasteiger partial charge < -0.3 is 4.74 Å². The Balaban J connectivity index is 0.000000195. The topological polar surface area (TPSA) is 9.23 Å². The van der Waals surface area contributed by atoms with E-state index in [0.29, 0.717) is 0 Å². The second-order valence-electron chi connectivity index (χ2n) is 3.05. The van der Waals surface area contributed by atoms with E-state index in [1.54, 1.807) is 13.4 Å².